The van der Waals surface area contributed by atoms with Gasteiger partial charge in [-0.3, -0.25) is 14.3 Å². The van der Waals surface area contributed by atoms with Crippen LogP contribution in [0.1, 0.15) is 12.8 Å². The van der Waals surface area contributed by atoms with E-state index < -0.39 is 16.0 Å². The van der Waals surface area contributed by atoms with Crippen molar-refractivity contribution in [1.29, 1.82) is 0 Å². The van der Waals surface area contributed by atoms with Crippen LogP contribution in [0.3, 0.4) is 0 Å². The Kier molecular flexibility index (Phi) is 8.99. The fourth-order valence-electron chi connectivity index (χ4n) is 3.53. The number of methoxy groups -OCH3 is 1. The number of nitrogens with zero attached hydrogens (tertiary/aromatic N) is 1. The molecular weight excluding hydrogens is 496 g/mol. The van der Waals surface area contributed by atoms with Crippen molar-refractivity contribution in [3.05, 3.63) is 66.7 Å². The minimum Gasteiger partial charge on any atom is -0.494 e. The number of nitrogens with one attached hydrogen (secondary N) is 2. The van der Waals surface area contributed by atoms with Crippen LogP contribution in [0.2, 0.25) is 0 Å². The molecule has 5 N–H and O–H groups in total. The Morgan fingerprint density at radius 1 is 0.973 bits per heavy atom. The second kappa shape index (κ2) is 12.2. The number of carboxylic acids is 1. The van der Waals surface area contributed by atoms with Gasteiger partial charge in [-0.1, -0.05) is 36.4 Å². The average molecular weight is 525 g/mol. The highest BCUT2D eigenvalue weighted by atomic mass is 32.2. The molecule has 10 nitrogen and oxygen atoms in total. The minimum absolute atomic E-state index is 0.0475. The van der Waals surface area contributed by atoms with Crippen molar-refractivity contribution in [3.8, 4) is 5.75 Å². The standard InChI is InChI=1S/C21H19N3O3S.C5H9NO3/c1-27-20-13-14(24-28(2,25)26)11-12-19(20)23-21-15-7-3-5-9-17(15)22-18-10-6-4-8-16(18)21;6-3-4(7)1-2-5(8)9/h3-13,24H,1-2H3,(H,22,23);1-3,6H2,(H,8,9). The van der Waals surface area contributed by atoms with Gasteiger partial charge >= 0.3 is 5.97 Å². The number of nitrogens with two attached hydrogens (primary N) is 1. The van der Waals surface area contributed by atoms with Gasteiger partial charge in [-0.2, -0.15) is 0 Å². The fourth-order valence-corrected chi connectivity index (χ4v) is 4.08. The summed E-state index contributed by atoms with van der Waals surface area (Å²) in [6.45, 7) is -0.0622. The maximum absolute atomic E-state index is 11.5. The number of para-hydroxylation sites is 2. The van der Waals surface area contributed by atoms with E-state index in [2.05, 4.69) is 10.0 Å². The molecular formula is C26H28N4O6S. The molecule has 0 saturated carbocycles. The normalized spacial score (nSPS) is 10.9. The van der Waals surface area contributed by atoms with Crippen LogP contribution in [0, 0.1) is 0 Å². The third kappa shape index (κ3) is 7.63. The first-order chi connectivity index (χ1) is 17.6. The molecule has 3 aromatic carbocycles. The molecule has 0 aliphatic heterocycles. The zero-order valence-electron chi connectivity index (χ0n) is 20.4. The predicted octanol–water partition coefficient (Wildman–Crippen LogP) is 3.89. The molecule has 194 valence electrons. The van der Waals surface area contributed by atoms with Crippen molar-refractivity contribution in [2.75, 3.05) is 29.9 Å². The highest BCUT2D eigenvalue weighted by molar-refractivity contribution is 7.92. The lowest BCUT2D eigenvalue weighted by Crippen LogP contribution is -2.14. The number of hydrogen-bond acceptors (Lipinski definition) is 8. The number of Topliss-reactive ketones (excluding diaryl/α,β-unsaturated/α-hetero) is 1. The number of anilines is 3. The highest BCUT2D eigenvalue weighted by Crippen LogP contribution is 2.37. The number of carbonyl (C=O) groups is 2. The Morgan fingerprint density at radius 3 is 2.08 bits per heavy atom. The van der Waals surface area contributed by atoms with Crippen LogP contribution in [0.15, 0.2) is 66.7 Å². The van der Waals surface area contributed by atoms with Crippen molar-refractivity contribution in [1.82, 2.24) is 4.98 Å². The summed E-state index contributed by atoms with van der Waals surface area (Å²) in [4.78, 5) is 24.9. The number of fused-ring (bicyclic) bond motifs is 2. The molecule has 0 atom stereocenters. The molecule has 0 unspecified atom stereocenters. The summed E-state index contributed by atoms with van der Waals surface area (Å²) in [7, 11) is -1.82. The van der Waals surface area contributed by atoms with E-state index >= 15 is 0 Å². The number of pyridine rings is 1. The third-order valence-corrected chi connectivity index (χ3v) is 5.80. The van der Waals surface area contributed by atoms with Crippen LogP contribution in [-0.2, 0) is 19.6 Å². The number of carboxylic acid groups (broad SMARTS) is 1. The van der Waals surface area contributed by atoms with Gasteiger partial charge in [0.2, 0.25) is 10.0 Å². The molecule has 1 heterocycles. The van der Waals surface area contributed by atoms with Gasteiger partial charge in [0, 0.05) is 23.3 Å². The van der Waals surface area contributed by atoms with E-state index in [-0.39, 0.29) is 25.2 Å². The lowest BCUT2D eigenvalue weighted by atomic mass is 10.1. The van der Waals surface area contributed by atoms with E-state index in [0.29, 0.717) is 11.4 Å². The monoisotopic (exact) mass is 524 g/mol. The van der Waals surface area contributed by atoms with Crippen molar-refractivity contribution >= 4 is 60.6 Å². The minimum atomic E-state index is -3.37. The van der Waals surface area contributed by atoms with Gasteiger partial charge < -0.3 is 20.9 Å². The van der Waals surface area contributed by atoms with Crippen LogP contribution in [0.25, 0.3) is 21.8 Å². The van der Waals surface area contributed by atoms with Crippen molar-refractivity contribution in [2.45, 2.75) is 12.8 Å². The highest BCUT2D eigenvalue weighted by Gasteiger charge is 2.13. The first kappa shape index (κ1) is 27.4. The van der Waals surface area contributed by atoms with E-state index in [1.807, 2.05) is 48.5 Å². The molecule has 0 bridgehead atoms. The SMILES string of the molecule is COc1cc(NS(C)(=O)=O)ccc1Nc1c2ccccc2nc2ccccc12.NCC(=O)CCC(=O)O. The van der Waals surface area contributed by atoms with E-state index in [4.69, 9.17) is 20.6 Å². The third-order valence-electron chi connectivity index (χ3n) is 5.20. The zero-order valence-corrected chi connectivity index (χ0v) is 21.2. The van der Waals surface area contributed by atoms with E-state index in [0.717, 1.165) is 39.4 Å². The summed E-state index contributed by atoms with van der Waals surface area (Å²) in [5.74, 6) is -0.646. The van der Waals surface area contributed by atoms with Crippen LogP contribution in [-0.4, -0.2) is 50.2 Å². The zero-order chi connectivity index (χ0) is 27.0. The van der Waals surface area contributed by atoms with Crippen molar-refractivity contribution in [2.24, 2.45) is 5.73 Å². The van der Waals surface area contributed by atoms with Gasteiger partial charge in [-0.05, 0) is 24.3 Å². The Labute approximate surface area is 214 Å². The smallest absolute Gasteiger partial charge is 0.303 e. The van der Waals surface area contributed by atoms with Crippen LogP contribution >= 0.6 is 0 Å². The number of rotatable bonds is 9. The number of carbonyl (C=O) groups excluding carboxylic acids is 1. The Morgan fingerprint density at radius 2 is 1.57 bits per heavy atom. The molecule has 4 aromatic rings. The molecule has 0 saturated heterocycles. The summed E-state index contributed by atoms with van der Waals surface area (Å²) in [5.41, 5.74) is 8.77. The molecule has 4 rings (SSSR count). The van der Waals surface area contributed by atoms with Gasteiger partial charge in [-0.25, -0.2) is 13.4 Å². The maximum atomic E-state index is 11.5. The van der Waals surface area contributed by atoms with Crippen molar-refractivity contribution < 1.29 is 27.9 Å². The van der Waals surface area contributed by atoms with E-state index in [1.54, 1.807) is 25.3 Å². The molecule has 0 aliphatic carbocycles. The first-order valence-corrected chi connectivity index (χ1v) is 13.1. The summed E-state index contributed by atoms with van der Waals surface area (Å²) < 4.78 is 30.9. The molecule has 0 aliphatic rings. The molecule has 37 heavy (non-hydrogen) atoms. The topological polar surface area (TPSA) is 161 Å². The van der Waals surface area contributed by atoms with Gasteiger partial charge in [0.05, 0.1) is 54.4 Å². The van der Waals surface area contributed by atoms with Gasteiger partial charge in [0.15, 0.2) is 0 Å². The van der Waals surface area contributed by atoms with Gasteiger partial charge in [0.25, 0.3) is 0 Å². The average Bonchev–Trinajstić information content (AvgIpc) is 2.87. The molecule has 1 aromatic heterocycles. The predicted molar refractivity (Wildman–Crippen MR) is 145 cm³/mol. The number of sulfonamides is 1. The van der Waals surface area contributed by atoms with Crippen LogP contribution in [0.4, 0.5) is 17.1 Å². The lowest BCUT2D eigenvalue weighted by Gasteiger charge is -2.16. The molecule has 0 fully saturated rings. The molecule has 0 spiro atoms. The van der Waals surface area contributed by atoms with Crippen LogP contribution in [0.5, 0.6) is 5.75 Å². The summed E-state index contributed by atoms with van der Waals surface area (Å²) in [6, 6.07) is 21.0. The van der Waals surface area contributed by atoms with Crippen molar-refractivity contribution in [3.63, 3.8) is 0 Å². The first-order valence-electron chi connectivity index (χ1n) is 11.2. The number of aromatic nitrogens is 1. The molecule has 0 radical (unpaired) electrons. The van der Waals surface area contributed by atoms with Gasteiger partial charge in [-0.15, -0.1) is 0 Å². The second-order valence-corrected chi connectivity index (χ2v) is 9.82. The van der Waals surface area contributed by atoms with E-state index in [9.17, 15) is 18.0 Å². The summed E-state index contributed by atoms with van der Waals surface area (Å²) in [6.07, 6.45) is 1.04. The fraction of sp³-hybridized carbons (Fsp3) is 0.192. The number of hydrogen-bond donors (Lipinski definition) is 4. The lowest BCUT2D eigenvalue weighted by molar-refractivity contribution is -0.138. The van der Waals surface area contributed by atoms with Crippen LogP contribution < -0.4 is 20.5 Å². The maximum Gasteiger partial charge on any atom is 0.303 e. The second-order valence-electron chi connectivity index (χ2n) is 8.07. The largest absolute Gasteiger partial charge is 0.494 e. The van der Waals surface area contributed by atoms with E-state index in [1.165, 1.54) is 0 Å². The molecule has 11 heteroatoms. The number of ketones is 1. The number of aliphatic carboxylic acids is 1. The molecule has 0 amide bonds. The Hall–Kier alpha value is -4.22. The summed E-state index contributed by atoms with van der Waals surface area (Å²) in [5, 5.41) is 13.5. The Balaban J connectivity index is 0.000000364. The van der Waals surface area contributed by atoms with Gasteiger partial charge in [0.1, 0.15) is 11.5 Å². The number of ether oxygens (including phenoxy) is 1. The quantitative estimate of drug-likeness (QED) is 0.238. The Bertz CT molecular complexity index is 1490. The summed E-state index contributed by atoms with van der Waals surface area (Å²) >= 11 is 0. The number of benzene rings is 3.